The molecule has 0 bridgehead atoms. The van der Waals surface area contributed by atoms with Gasteiger partial charge in [0.15, 0.2) is 0 Å². The Morgan fingerprint density at radius 2 is 2.14 bits per heavy atom. The number of nitrogens with one attached hydrogen (secondary N) is 1. The highest BCUT2D eigenvalue weighted by Crippen LogP contribution is 2.49. The van der Waals surface area contributed by atoms with Crippen LogP contribution in [-0.2, 0) is 10.8 Å². The van der Waals surface area contributed by atoms with Gasteiger partial charge in [-0.3, -0.25) is 5.10 Å². The molecule has 3 nitrogen and oxygen atoms in total. The van der Waals surface area contributed by atoms with Crippen molar-refractivity contribution in [1.29, 1.82) is 0 Å². The number of hydrogen-bond donors (Lipinski definition) is 2. The smallest absolute Gasteiger partial charge is 0.0528 e. The standard InChI is InChI=1S/C11H19N3/c1-10(2,3)9-8(6-13-14-9)11(7-12)4-5-11/h6H,4-5,7,12H2,1-3H3,(H,13,14). The third-order valence-electron chi connectivity index (χ3n) is 3.20. The highest BCUT2D eigenvalue weighted by Gasteiger charge is 2.46. The minimum absolute atomic E-state index is 0.136. The van der Waals surface area contributed by atoms with Crippen LogP contribution in [0.15, 0.2) is 6.20 Å². The third-order valence-corrected chi connectivity index (χ3v) is 3.20. The molecule has 0 saturated heterocycles. The zero-order valence-corrected chi connectivity index (χ0v) is 9.22. The Bertz CT molecular complexity index is 329. The molecule has 3 heteroatoms. The van der Waals surface area contributed by atoms with Crippen LogP contribution in [-0.4, -0.2) is 16.7 Å². The monoisotopic (exact) mass is 193 g/mol. The Hall–Kier alpha value is -0.830. The molecular weight excluding hydrogens is 174 g/mol. The van der Waals surface area contributed by atoms with Gasteiger partial charge < -0.3 is 5.73 Å². The average Bonchev–Trinajstić information content (AvgIpc) is 2.72. The van der Waals surface area contributed by atoms with E-state index in [1.165, 1.54) is 24.1 Å². The van der Waals surface area contributed by atoms with Gasteiger partial charge in [-0.2, -0.15) is 5.10 Å². The minimum Gasteiger partial charge on any atom is -0.330 e. The summed E-state index contributed by atoms with van der Waals surface area (Å²) in [6, 6.07) is 0. The number of rotatable bonds is 2. The van der Waals surface area contributed by atoms with Crippen LogP contribution >= 0.6 is 0 Å². The Morgan fingerprint density at radius 3 is 2.57 bits per heavy atom. The molecule has 0 radical (unpaired) electrons. The Balaban J connectivity index is 2.40. The molecule has 0 amide bonds. The van der Waals surface area contributed by atoms with Crippen LogP contribution in [0.1, 0.15) is 44.9 Å². The molecule has 2 rings (SSSR count). The third kappa shape index (κ3) is 1.36. The number of H-pyrrole nitrogens is 1. The van der Waals surface area contributed by atoms with Gasteiger partial charge in [-0.05, 0) is 12.8 Å². The number of aromatic nitrogens is 2. The first-order valence-corrected chi connectivity index (χ1v) is 5.24. The Labute approximate surface area is 85.1 Å². The van der Waals surface area contributed by atoms with Crippen molar-refractivity contribution in [2.45, 2.75) is 44.4 Å². The summed E-state index contributed by atoms with van der Waals surface area (Å²) in [4.78, 5) is 0. The maximum absolute atomic E-state index is 5.83. The molecule has 14 heavy (non-hydrogen) atoms. The van der Waals surface area contributed by atoms with Gasteiger partial charge in [-0.1, -0.05) is 20.8 Å². The lowest BCUT2D eigenvalue weighted by Gasteiger charge is -2.22. The Kier molecular flexibility index (Phi) is 1.96. The molecule has 3 N–H and O–H groups in total. The van der Waals surface area contributed by atoms with Gasteiger partial charge in [0.2, 0.25) is 0 Å². The summed E-state index contributed by atoms with van der Waals surface area (Å²) in [7, 11) is 0. The summed E-state index contributed by atoms with van der Waals surface area (Å²) in [6.07, 6.45) is 4.39. The van der Waals surface area contributed by atoms with Gasteiger partial charge in [0.1, 0.15) is 0 Å². The maximum atomic E-state index is 5.83. The van der Waals surface area contributed by atoms with Gasteiger partial charge in [0, 0.05) is 28.6 Å². The van der Waals surface area contributed by atoms with Gasteiger partial charge in [-0.25, -0.2) is 0 Å². The molecule has 1 aromatic rings. The lowest BCUT2D eigenvalue weighted by molar-refractivity contribution is 0.547. The molecule has 78 valence electrons. The van der Waals surface area contributed by atoms with E-state index in [-0.39, 0.29) is 10.8 Å². The molecule has 1 aliphatic rings. The summed E-state index contributed by atoms with van der Waals surface area (Å²) < 4.78 is 0. The van der Waals surface area contributed by atoms with E-state index >= 15 is 0 Å². The number of nitrogens with zero attached hydrogens (tertiary/aromatic N) is 1. The van der Waals surface area contributed by atoms with Crippen molar-refractivity contribution >= 4 is 0 Å². The lowest BCUT2D eigenvalue weighted by Crippen LogP contribution is -2.24. The normalized spacial score (nSPS) is 19.7. The molecule has 1 saturated carbocycles. The second-order valence-corrected chi connectivity index (χ2v) is 5.39. The Morgan fingerprint density at radius 1 is 1.50 bits per heavy atom. The largest absolute Gasteiger partial charge is 0.330 e. The second kappa shape index (κ2) is 2.83. The summed E-state index contributed by atoms with van der Waals surface area (Å²) in [6.45, 7) is 7.36. The molecule has 0 aromatic carbocycles. The van der Waals surface area contributed by atoms with E-state index in [4.69, 9.17) is 5.73 Å². The maximum Gasteiger partial charge on any atom is 0.0528 e. The number of nitrogens with two attached hydrogens (primary N) is 1. The molecule has 0 aliphatic heterocycles. The fraction of sp³-hybridized carbons (Fsp3) is 0.727. The van der Waals surface area contributed by atoms with E-state index in [1.54, 1.807) is 0 Å². The lowest BCUT2D eigenvalue weighted by atomic mass is 9.84. The van der Waals surface area contributed by atoms with Crippen molar-refractivity contribution < 1.29 is 0 Å². The summed E-state index contributed by atoms with van der Waals surface area (Å²) in [5.74, 6) is 0. The first-order chi connectivity index (χ1) is 6.49. The molecule has 0 atom stereocenters. The molecule has 1 heterocycles. The van der Waals surface area contributed by atoms with E-state index in [0.717, 1.165) is 6.54 Å². The van der Waals surface area contributed by atoms with Crippen LogP contribution in [0.4, 0.5) is 0 Å². The van der Waals surface area contributed by atoms with E-state index in [1.807, 2.05) is 6.20 Å². The molecule has 1 aromatic heterocycles. The predicted octanol–water partition coefficient (Wildman–Crippen LogP) is 1.70. The fourth-order valence-corrected chi connectivity index (χ4v) is 1.99. The molecular formula is C11H19N3. The van der Waals surface area contributed by atoms with Gasteiger partial charge in [0.05, 0.1) is 6.20 Å². The SMILES string of the molecule is CC(C)(C)c1[nH]ncc1C1(CN)CC1. The molecule has 0 unspecified atom stereocenters. The highest BCUT2D eigenvalue weighted by atomic mass is 15.1. The summed E-state index contributed by atoms with van der Waals surface area (Å²) in [5.41, 5.74) is 8.80. The first kappa shape index (κ1) is 9.71. The zero-order chi connectivity index (χ0) is 10.4. The van der Waals surface area contributed by atoms with Crippen LogP contribution in [0.3, 0.4) is 0 Å². The van der Waals surface area contributed by atoms with E-state index in [2.05, 4.69) is 31.0 Å². The minimum atomic E-state index is 0.136. The highest BCUT2D eigenvalue weighted by molar-refractivity contribution is 5.36. The van der Waals surface area contributed by atoms with Crippen molar-refractivity contribution in [1.82, 2.24) is 10.2 Å². The molecule has 1 fully saturated rings. The summed E-state index contributed by atoms with van der Waals surface area (Å²) in [5, 5.41) is 7.28. The topological polar surface area (TPSA) is 54.7 Å². The first-order valence-electron chi connectivity index (χ1n) is 5.24. The number of hydrogen-bond acceptors (Lipinski definition) is 2. The fourth-order valence-electron chi connectivity index (χ4n) is 1.99. The van der Waals surface area contributed by atoms with Crippen molar-refractivity contribution in [3.8, 4) is 0 Å². The average molecular weight is 193 g/mol. The van der Waals surface area contributed by atoms with Gasteiger partial charge >= 0.3 is 0 Å². The van der Waals surface area contributed by atoms with E-state index in [9.17, 15) is 0 Å². The predicted molar refractivity (Wildman–Crippen MR) is 57.3 cm³/mol. The van der Waals surface area contributed by atoms with Crippen molar-refractivity contribution in [3.05, 3.63) is 17.5 Å². The zero-order valence-electron chi connectivity index (χ0n) is 9.22. The quantitative estimate of drug-likeness (QED) is 0.751. The number of aromatic amines is 1. The van der Waals surface area contributed by atoms with Crippen LogP contribution < -0.4 is 5.73 Å². The van der Waals surface area contributed by atoms with Gasteiger partial charge in [0.25, 0.3) is 0 Å². The van der Waals surface area contributed by atoms with E-state index in [0.29, 0.717) is 0 Å². The van der Waals surface area contributed by atoms with Crippen LogP contribution in [0.5, 0.6) is 0 Å². The van der Waals surface area contributed by atoms with Gasteiger partial charge in [-0.15, -0.1) is 0 Å². The molecule has 0 spiro atoms. The van der Waals surface area contributed by atoms with Crippen LogP contribution in [0, 0.1) is 0 Å². The van der Waals surface area contributed by atoms with Crippen molar-refractivity contribution in [2.75, 3.05) is 6.54 Å². The second-order valence-electron chi connectivity index (χ2n) is 5.39. The van der Waals surface area contributed by atoms with Crippen LogP contribution in [0.25, 0.3) is 0 Å². The van der Waals surface area contributed by atoms with Crippen molar-refractivity contribution in [2.24, 2.45) is 5.73 Å². The van der Waals surface area contributed by atoms with Crippen LogP contribution in [0.2, 0.25) is 0 Å². The van der Waals surface area contributed by atoms with Crippen molar-refractivity contribution in [3.63, 3.8) is 0 Å². The summed E-state index contributed by atoms with van der Waals surface area (Å²) >= 11 is 0. The van der Waals surface area contributed by atoms with E-state index < -0.39 is 0 Å². The molecule has 1 aliphatic carbocycles.